The summed E-state index contributed by atoms with van der Waals surface area (Å²) in [5.74, 6) is 0.848. The summed E-state index contributed by atoms with van der Waals surface area (Å²) in [4.78, 5) is 4.83. The van der Waals surface area contributed by atoms with Gasteiger partial charge in [0.15, 0.2) is 0 Å². The lowest BCUT2D eigenvalue weighted by Gasteiger charge is -2.09. The molecule has 4 heteroatoms. The highest BCUT2D eigenvalue weighted by Gasteiger charge is 2.04. The van der Waals surface area contributed by atoms with Gasteiger partial charge in [0.05, 0.1) is 12.3 Å². The van der Waals surface area contributed by atoms with Gasteiger partial charge in [0, 0.05) is 5.56 Å². The van der Waals surface area contributed by atoms with Crippen LogP contribution >= 0.6 is 11.3 Å². The minimum atomic E-state index is 0.172. The fourth-order valence-corrected chi connectivity index (χ4v) is 2.13. The van der Waals surface area contributed by atoms with Crippen LogP contribution in [-0.4, -0.2) is 11.1 Å². The highest BCUT2D eigenvalue weighted by molar-refractivity contribution is 7.15. The van der Waals surface area contributed by atoms with Gasteiger partial charge in [0.2, 0.25) is 0 Å². The summed E-state index contributed by atoms with van der Waals surface area (Å²) in [6.07, 6.45) is 1.77. The van der Waals surface area contributed by atoms with Crippen molar-refractivity contribution in [3.63, 3.8) is 0 Å². The van der Waals surface area contributed by atoms with Crippen molar-refractivity contribution in [3.05, 3.63) is 35.3 Å². The van der Waals surface area contributed by atoms with Crippen molar-refractivity contribution < 1.29 is 4.74 Å². The van der Waals surface area contributed by atoms with Crippen molar-refractivity contribution >= 4 is 11.3 Å². The van der Waals surface area contributed by atoms with E-state index >= 15 is 0 Å². The molecule has 3 nitrogen and oxygen atoms in total. The van der Waals surface area contributed by atoms with Gasteiger partial charge in [-0.2, -0.15) is 5.26 Å². The van der Waals surface area contributed by atoms with E-state index < -0.39 is 0 Å². The molecule has 0 unspecified atom stereocenters. The molecule has 1 aromatic heterocycles. The van der Waals surface area contributed by atoms with Gasteiger partial charge in [0.1, 0.15) is 21.7 Å². The molecule has 0 amide bonds. The lowest BCUT2D eigenvalue weighted by Crippen LogP contribution is -2.05. The van der Waals surface area contributed by atoms with Gasteiger partial charge in [-0.3, -0.25) is 0 Å². The Hall–Kier alpha value is -1.86. The van der Waals surface area contributed by atoms with E-state index in [4.69, 9.17) is 10.00 Å². The molecule has 2 aromatic rings. The number of rotatable bonds is 3. The van der Waals surface area contributed by atoms with Crippen LogP contribution in [0.4, 0.5) is 0 Å². The highest BCUT2D eigenvalue weighted by atomic mass is 32.1. The van der Waals surface area contributed by atoms with Crippen molar-refractivity contribution in [1.82, 2.24) is 4.98 Å². The van der Waals surface area contributed by atoms with Crippen molar-refractivity contribution in [3.8, 4) is 22.4 Å². The second-order valence-electron chi connectivity index (χ2n) is 3.83. The second kappa shape index (κ2) is 4.98. The van der Waals surface area contributed by atoms with Crippen LogP contribution < -0.4 is 4.74 Å². The molecule has 0 bridgehead atoms. The monoisotopic (exact) mass is 244 g/mol. The molecule has 0 N–H and O–H groups in total. The van der Waals surface area contributed by atoms with E-state index in [1.165, 1.54) is 11.3 Å². The lowest BCUT2D eigenvalue weighted by atomic mass is 10.2. The van der Waals surface area contributed by atoms with E-state index in [9.17, 15) is 0 Å². The molecule has 0 atom stereocenters. The van der Waals surface area contributed by atoms with Crippen LogP contribution in [0, 0.1) is 11.3 Å². The van der Waals surface area contributed by atoms with Gasteiger partial charge < -0.3 is 4.74 Å². The van der Waals surface area contributed by atoms with Crippen LogP contribution in [0.3, 0.4) is 0 Å². The van der Waals surface area contributed by atoms with Crippen LogP contribution in [0.5, 0.6) is 5.75 Å². The molecule has 17 heavy (non-hydrogen) atoms. The van der Waals surface area contributed by atoms with Gasteiger partial charge in [0.25, 0.3) is 0 Å². The Kier molecular flexibility index (Phi) is 3.40. The van der Waals surface area contributed by atoms with E-state index in [-0.39, 0.29) is 6.10 Å². The maximum atomic E-state index is 8.74. The molecule has 1 heterocycles. The van der Waals surface area contributed by atoms with E-state index in [0.717, 1.165) is 16.3 Å². The number of ether oxygens (including phenoxy) is 1. The molecule has 1 aromatic carbocycles. The first kappa shape index (κ1) is 11.6. The third-order valence-corrected chi connectivity index (χ3v) is 3.04. The normalized spacial score (nSPS) is 10.2. The highest BCUT2D eigenvalue weighted by Crippen LogP contribution is 2.26. The smallest absolute Gasteiger partial charge is 0.125 e. The second-order valence-corrected chi connectivity index (χ2v) is 4.86. The number of nitrogens with zero attached hydrogens (tertiary/aromatic N) is 2. The Morgan fingerprint density at radius 2 is 2.00 bits per heavy atom. The third kappa shape index (κ3) is 2.83. The molecule has 0 saturated carbocycles. The summed E-state index contributed by atoms with van der Waals surface area (Å²) in [5, 5.41) is 9.60. The standard InChI is InChI=1S/C13H12N2OS/c1-9(2)16-11-5-3-10(4-6-11)13-15-8-12(7-14)17-13/h3-6,8-9H,1-2H3. The minimum absolute atomic E-state index is 0.172. The number of benzene rings is 1. The predicted molar refractivity (Wildman–Crippen MR) is 68.0 cm³/mol. The molecule has 0 aliphatic carbocycles. The van der Waals surface area contributed by atoms with Crippen LogP contribution in [0.1, 0.15) is 18.7 Å². The topological polar surface area (TPSA) is 45.9 Å². The SMILES string of the molecule is CC(C)Oc1ccc(-c2ncc(C#N)s2)cc1. The molecular weight excluding hydrogens is 232 g/mol. The molecule has 0 saturated heterocycles. The number of hydrogen-bond acceptors (Lipinski definition) is 4. The minimum Gasteiger partial charge on any atom is -0.491 e. The maximum Gasteiger partial charge on any atom is 0.125 e. The Morgan fingerprint density at radius 1 is 1.29 bits per heavy atom. The molecule has 0 spiro atoms. The maximum absolute atomic E-state index is 8.74. The third-order valence-electron chi connectivity index (χ3n) is 2.09. The predicted octanol–water partition coefficient (Wildman–Crippen LogP) is 3.47. The summed E-state index contributed by atoms with van der Waals surface area (Å²) >= 11 is 1.39. The van der Waals surface area contributed by atoms with Crippen molar-refractivity contribution in [2.24, 2.45) is 0 Å². The summed E-state index contributed by atoms with van der Waals surface area (Å²) in [5.41, 5.74) is 1.01. The van der Waals surface area contributed by atoms with E-state index in [0.29, 0.717) is 4.88 Å². The number of aromatic nitrogens is 1. The summed E-state index contributed by atoms with van der Waals surface area (Å²) < 4.78 is 5.56. The first-order valence-electron chi connectivity index (χ1n) is 5.32. The van der Waals surface area contributed by atoms with E-state index in [2.05, 4.69) is 11.1 Å². The van der Waals surface area contributed by atoms with Gasteiger partial charge in [-0.15, -0.1) is 11.3 Å². The first-order valence-corrected chi connectivity index (χ1v) is 6.13. The molecule has 0 aliphatic rings. The van der Waals surface area contributed by atoms with Gasteiger partial charge in [-0.25, -0.2) is 4.98 Å². The average molecular weight is 244 g/mol. The Bertz CT molecular complexity index is 537. The molecular formula is C13H12N2OS. The van der Waals surface area contributed by atoms with Crippen molar-refractivity contribution in [2.75, 3.05) is 0 Å². The zero-order valence-electron chi connectivity index (χ0n) is 9.68. The molecule has 0 radical (unpaired) electrons. The van der Waals surface area contributed by atoms with E-state index in [1.807, 2.05) is 38.1 Å². The van der Waals surface area contributed by atoms with Crippen molar-refractivity contribution in [1.29, 1.82) is 5.26 Å². The van der Waals surface area contributed by atoms with Crippen LogP contribution in [0.15, 0.2) is 30.5 Å². The summed E-state index contributed by atoms with van der Waals surface area (Å²) in [6, 6.07) is 9.84. The zero-order chi connectivity index (χ0) is 12.3. The summed E-state index contributed by atoms with van der Waals surface area (Å²) in [6.45, 7) is 3.99. The number of hydrogen-bond donors (Lipinski definition) is 0. The largest absolute Gasteiger partial charge is 0.491 e. The Balaban J connectivity index is 2.20. The van der Waals surface area contributed by atoms with Crippen LogP contribution in [-0.2, 0) is 0 Å². The lowest BCUT2D eigenvalue weighted by molar-refractivity contribution is 0.242. The number of nitriles is 1. The van der Waals surface area contributed by atoms with E-state index in [1.54, 1.807) is 6.20 Å². The van der Waals surface area contributed by atoms with Crippen molar-refractivity contribution in [2.45, 2.75) is 20.0 Å². The van der Waals surface area contributed by atoms with Crippen LogP contribution in [0.25, 0.3) is 10.6 Å². The van der Waals surface area contributed by atoms with Gasteiger partial charge in [-0.05, 0) is 38.1 Å². The van der Waals surface area contributed by atoms with Crippen LogP contribution in [0.2, 0.25) is 0 Å². The number of thiazole rings is 1. The summed E-state index contributed by atoms with van der Waals surface area (Å²) in [7, 11) is 0. The molecule has 86 valence electrons. The van der Waals surface area contributed by atoms with Gasteiger partial charge >= 0.3 is 0 Å². The Morgan fingerprint density at radius 3 is 2.53 bits per heavy atom. The quantitative estimate of drug-likeness (QED) is 0.830. The molecule has 0 aliphatic heterocycles. The fraction of sp³-hybridized carbons (Fsp3) is 0.231. The molecule has 0 fully saturated rings. The zero-order valence-corrected chi connectivity index (χ0v) is 10.5. The average Bonchev–Trinajstić information content (AvgIpc) is 2.78. The fourth-order valence-electron chi connectivity index (χ4n) is 1.41. The van der Waals surface area contributed by atoms with Gasteiger partial charge in [-0.1, -0.05) is 0 Å². The first-order chi connectivity index (χ1) is 8.19. The molecule has 2 rings (SSSR count). The Labute approximate surface area is 104 Å².